The predicted molar refractivity (Wildman–Crippen MR) is 70.6 cm³/mol. The lowest BCUT2D eigenvalue weighted by Crippen LogP contribution is -1.91. The molecule has 0 amide bonds. The molecule has 0 atom stereocenters. The highest BCUT2D eigenvalue weighted by Crippen LogP contribution is 2.27. The highest BCUT2D eigenvalue weighted by Gasteiger charge is 2.08. The SMILES string of the molecule is Cc1ccc(-c2ccc(CC#N)cc2F)c(C)c1. The number of nitrogens with zero attached hydrogens (tertiary/aromatic N) is 1. The number of nitriles is 1. The normalized spacial score (nSPS) is 10.1. The van der Waals surface area contributed by atoms with Crippen LogP contribution in [0, 0.1) is 31.0 Å². The van der Waals surface area contributed by atoms with Crippen molar-refractivity contribution >= 4 is 0 Å². The Labute approximate surface area is 107 Å². The molecule has 90 valence electrons. The van der Waals surface area contributed by atoms with Crippen molar-refractivity contribution in [1.82, 2.24) is 0 Å². The summed E-state index contributed by atoms with van der Waals surface area (Å²) in [5.74, 6) is -0.269. The van der Waals surface area contributed by atoms with Crippen molar-refractivity contribution < 1.29 is 4.39 Å². The molecule has 2 rings (SSSR count). The topological polar surface area (TPSA) is 23.8 Å². The summed E-state index contributed by atoms with van der Waals surface area (Å²) in [6, 6.07) is 13.0. The Morgan fingerprint density at radius 1 is 1.06 bits per heavy atom. The summed E-state index contributed by atoms with van der Waals surface area (Å²) in [6.45, 7) is 3.99. The van der Waals surface area contributed by atoms with Crippen LogP contribution in [0.5, 0.6) is 0 Å². The second-order valence-corrected chi connectivity index (χ2v) is 4.47. The lowest BCUT2D eigenvalue weighted by Gasteiger charge is -2.09. The highest BCUT2D eigenvalue weighted by molar-refractivity contribution is 5.68. The van der Waals surface area contributed by atoms with Crippen molar-refractivity contribution in [2.75, 3.05) is 0 Å². The van der Waals surface area contributed by atoms with Crippen LogP contribution in [0.15, 0.2) is 36.4 Å². The molecule has 0 saturated carbocycles. The van der Waals surface area contributed by atoms with Crippen LogP contribution in [0.25, 0.3) is 11.1 Å². The van der Waals surface area contributed by atoms with Gasteiger partial charge in [-0.05, 0) is 36.6 Å². The van der Waals surface area contributed by atoms with Gasteiger partial charge in [0.25, 0.3) is 0 Å². The van der Waals surface area contributed by atoms with Gasteiger partial charge in [0.2, 0.25) is 0 Å². The molecule has 0 fully saturated rings. The maximum Gasteiger partial charge on any atom is 0.131 e. The van der Waals surface area contributed by atoms with Gasteiger partial charge in [0.15, 0.2) is 0 Å². The average molecular weight is 239 g/mol. The first-order valence-electron chi connectivity index (χ1n) is 5.85. The summed E-state index contributed by atoms with van der Waals surface area (Å²) in [7, 11) is 0. The van der Waals surface area contributed by atoms with Crippen LogP contribution in [-0.2, 0) is 6.42 Å². The van der Waals surface area contributed by atoms with Gasteiger partial charge in [-0.2, -0.15) is 5.26 Å². The van der Waals surface area contributed by atoms with E-state index < -0.39 is 0 Å². The van der Waals surface area contributed by atoms with Crippen molar-refractivity contribution in [2.24, 2.45) is 0 Å². The molecular weight excluding hydrogens is 225 g/mol. The van der Waals surface area contributed by atoms with Crippen molar-refractivity contribution in [1.29, 1.82) is 5.26 Å². The van der Waals surface area contributed by atoms with Crippen LogP contribution in [0.3, 0.4) is 0 Å². The maximum atomic E-state index is 14.0. The van der Waals surface area contributed by atoms with E-state index in [1.165, 1.54) is 6.07 Å². The number of hydrogen-bond acceptors (Lipinski definition) is 1. The fourth-order valence-corrected chi connectivity index (χ4v) is 2.09. The molecule has 2 aromatic rings. The highest BCUT2D eigenvalue weighted by atomic mass is 19.1. The molecular formula is C16H14FN. The van der Waals surface area contributed by atoms with E-state index >= 15 is 0 Å². The Balaban J connectivity index is 2.48. The smallest absolute Gasteiger partial charge is 0.131 e. The molecule has 0 aliphatic heterocycles. The lowest BCUT2D eigenvalue weighted by atomic mass is 9.97. The minimum atomic E-state index is -0.269. The summed E-state index contributed by atoms with van der Waals surface area (Å²) in [5.41, 5.74) is 4.43. The quantitative estimate of drug-likeness (QED) is 0.771. The molecule has 0 N–H and O–H groups in total. The van der Waals surface area contributed by atoms with E-state index in [9.17, 15) is 4.39 Å². The standard InChI is InChI=1S/C16H14FN/c1-11-3-5-14(12(2)9-11)15-6-4-13(7-8-18)10-16(15)17/h3-6,9-10H,7H2,1-2H3. The minimum Gasteiger partial charge on any atom is -0.206 e. The lowest BCUT2D eigenvalue weighted by molar-refractivity contribution is 0.629. The Hall–Kier alpha value is -2.14. The van der Waals surface area contributed by atoms with Gasteiger partial charge in [-0.15, -0.1) is 0 Å². The molecule has 0 aliphatic rings. The summed E-state index contributed by atoms with van der Waals surface area (Å²) in [5, 5.41) is 8.60. The number of rotatable bonds is 2. The van der Waals surface area contributed by atoms with Gasteiger partial charge in [0.1, 0.15) is 5.82 Å². The maximum absolute atomic E-state index is 14.0. The third-order valence-corrected chi connectivity index (χ3v) is 2.99. The number of halogens is 1. The van der Waals surface area contributed by atoms with Crippen molar-refractivity contribution in [3.05, 3.63) is 58.9 Å². The van der Waals surface area contributed by atoms with E-state index in [0.717, 1.165) is 16.7 Å². The zero-order chi connectivity index (χ0) is 13.1. The van der Waals surface area contributed by atoms with Crippen molar-refractivity contribution in [3.8, 4) is 17.2 Å². The summed E-state index contributed by atoms with van der Waals surface area (Å²) in [4.78, 5) is 0. The molecule has 0 unspecified atom stereocenters. The number of benzene rings is 2. The predicted octanol–water partition coefficient (Wildman–Crippen LogP) is 4.18. The average Bonchev–Trinajstić information content (AvgIpc) is 2.31. The van der Waals surface area contributed by atoms with Gasteiger partial charge >= 0.3 is 0 Å². The summed E-state index contributed by atoms with van der Waals surface area (Å²) < 4.78 is 14.0. The van der Waals surface area contributed by atoms with Crippen LogP contribution < -0.4 is 0 Å². The first kappa shape index (κ1) is 12.3. The zero-order valence-corrected chi connectivity index (χ0v) is 10.5. The van der Waals surface area contributed by atoms with Gasteiger partial charge < -0.3 is 0 Å². The molecule has 18 heavy (non-hydrogen) atoms. The van der Waals surface area contributed by atoms with Crippen LogP contribution in [-0.4, -0.2) is 0 Å². The summed E-state index contributed by atoms with van der Waals surface area (Å²) in [6.07, 6.45) is 0.240. The van der Waals surface area contributed by atoms with E-state index in [-0.39, 0.29) is 12.2 Å². The molecule has 0 radical (unpaired) electrons. The molecule has 0 aliphatic carbocycles. The third kappa shape index (κ3) is 2.41. The fourth-order valence-electron chi connectivity index (χ4n) is 2.09. The Kier molecular flexibility index (Phi) is 3.43. The van der Waals surface area contributed by atoms with Crippen LogP contribution in [0.4, 0.5) is 4.39 Å². The molecule has 0 aromatic heterocycles. The second kappa shape index (κ2) is 5.01. The Bertz CT molecular complexity index is 623. The number of aryl methyl sites for hydroxylation is 2. The fraction of sp³-hybridized carbons (Fsp3) is 0.188. The Morgan fingerprint density at radius 3 is 2.39 bits per heavy atom. The van der Waals surface area contributed by atoms with E-state index in [4.69, 9.17) is 5.26 Å². The van der Waals surface area contributed by atoms with Crippen molar-refractivity contribution in [3.63, 3.8) is 0 Å². The monoisotopic (exact) mass is 239 g/mol. The molecule has 0 spiro atoms. The molecule has 0 saturated heterocycles. The summed E-state index contributed by atoms with van der Waals surface area (Å²) >= 11 is 0. The van der Waals surface area contributed by atoms with Crippen LogP contribution in [0.2, 0.25) is 0 Å². The van der Waals surface area contributed by atoms with Crippen LogP contribution >= 0.6 is 0 Å². The molecule has 0 heterocycles. The largest absolute Gasteiger partial charge is 0.206 e. The van der Waals surface area contributed by atoms with Gasteiger partial charge in [-0.25, -0.2) is 4.39 Å². The molecule has 0 bridgehead atoms. The second-order valence-electron chi connectivity index (χ2n) is 4.47. The van der Waals surface area contributed by atoms with E-state index in [0.29, 0.717) is 11.1 Å². The van der Waals surface area contributed by atoms with Crippen LogP contribution in [0.1, 0.15) is 16.7 Å². The molecule has 2 heteroatoms. The van der Waals surface area contributed by atoms with E-state index in [2.05, 4.69) is 0 Å². The van der Waals surface area contributed by atoms with Gasteiger partial charge in [-0.1, -0.05) is 35.9 Å². The van der Waals surface area contributed by atoms with Gasteiger partial charge in [0, 0.05) is 5.56 Å². The van der Waals surface area contributed by atoms with E-state index in [1.807, 2.05) is 38.1 Å². The zero-order valence-electron chi connectivity index (χ0n) is 10.5. The first-order chi connectivity index (χ1) is 8.61. The first-order valence-corrected chi connectivity index (χ1v) is 5.85. The van der Waals surface area contributed by atoms with Gasteiger partial charge in [-0.3, -0.25) is 0 Å². The van der Waals surface area contributed by atoms with E-state index in [1.54, 1.807) is 12.1 Å². The molecule has 2 aromatic carbocycles. The minimum absolute atomic E-state index is 0.240. The third-order valence-electron chi connectivity index (χ3n) is 2.99. The van der Waals surface area contributed by atoms with Crippen molar-refractivity contribution in [2.45, 2.75) is 20.3 Å². The Morgan fingerprint density at radius 2 is 1.78 bits per heavy atom. The van der Waals surface area contributed by atoms with Gasteiger partial charge in [0.05, 0.1) is 12.5 Å². The molecule has 1 nitrogen and oxygen atoms in total. The number of hydrogen-bond donors (Lipinski definition) is 0.